The summed E-state index contributed by atoms with van der Waals surface area (Å²) in [4.78, 5) is 2.34. The largest absolute Gasteiger partial charge is 0.456 e. The topological polar surface area (TPSA) is 34.8 Å². The first kappa shape index (κ1) is 32.4. The van der Waals surface area contributed by atoms with Crippen LogP contribution < -0.4 is 14.4 Å². The van der Waals surface area contributed by atoms with Gasteiger partial charge in [0.1, 0.15) is 34.2 Å². The summed E-state index contributed by atoms with van der Waals surface area (Å²) in [7, 11) is 0. The van der Waals surface area contributed by atoms with E-state index in [-0.39, 0.29) is 0 Å². The fourth-order valence-electron chi connectivity index (χ4n) is 8.82. The first-order chi connectivity index (χ1) is 28.7. The zero-order valence-electron chi connectivity index (χ0n) is 31.2. The van der Waals surface area contributed by atoms with Crippen molar-refractivity contribution in [1.29, 1.82) is 0 Å². The Kier molecular flexibility index (Phi) is 7.20. The molecule has 272 valence electrons. The van der Waals surface area contributed by atoms with Gasteiger partial charge in [-0.25, -0.2) is 0 Å². The van der Waals surface area contributed by atoms with E-state index in [9.17, 15) is 0 Å². The van der Waals surface area contributed by atoms with E-state index in [1.165, 1.54) is 0 Å². The van der Waals surface area contributed by atoms with E-state index in [0.717, 1.165) is 118 Å². The molecule has 0 bridgehead atoms. The zero-order chi connectivity index (χ0) is 38.2. The Bertz CT molecular complexity index is 3250. The molecule has 2 aliphatic heterocycles. The predicted octanol–water partition coefficient (Wildman–Crippen LogP) is 15.6. The monoisotopic (exact) mass is 743 g/mol. The Hall–Kier alpha value is -7.82. The Morgan fingerprint density at radius 3 is 1.45 bits per heavy atom. The molecule has 2 aliphatic rings. The fraction of sp³-hybridized carbons (Fsp3) is 0. The van der Waals surface area contributed by atoms with Crippen molar-refractivity contribution in [2.45, 2.75) is 0 Å². The maximum Gasteiger partial charge on any atom is 0.143 e. The molecule has 0 N–H and O–H groups in total. The molecule has 1 aromatic heterocycles. The number of anilines is 3. The van der Waals surface area contributed by atoms with Crippen molar-refractivity contribution in [3.05, 3.63) is 200 Å². The quantitative estimate of drug-likeness (QED) is 0.180. The number of rotatable bonds is 4. The van der Waals surface area contributed by atoms with E-state index in [0.29, 0.717) is 0 Å². The molecule has 0 spiro atoms. The summed E-state index contributed by atoms with van der Waals surface area (Å²) in [5.74, 6) is 3.35. The van der Waals surface area contributed by atoms with Gasteiger partial charge in [-0.3, -0.25) is 0 Å². The molecule has 58 heavy (non-hydrogen) atoms. The van der Waals surface area contributed by atoms with Gasteiger partial charge in [-0.05, 0) is 94.5 Å². The SMILES string of the molecule is c1ccc2c(c1)Oc1ccc(N(c3ccc(-c4cccc5c4oc4ccccc45)cc3)c3ccc4c(c3)-c3ccccc3Oc3ccccc3-4)cc1-c1ccccc1-2. The molecule has 4 heteroatoms. The van der Waals surface area contributed by atoms with E-state index >= 15 is 0 Å². The lowest BCUT2D eigenvalue weighted by atomic mass is 9.93. The van der Waals surface area contributed by atoms with Gasteiger partial charge in [0, 0.05) is 55.7 Å². The van der Waals surface area contributed by atoms with Crippen LogP contribution in [0.1, 0.15) is 0 Å². The van der Waals surface area contributed by atoms with Gasteiger partial charge in [0.05, 0.1) is 0 Å². The second-order valence-electron chi connectivity index (χ2n) is 14.8. The van der Waals surface area contributed by atoms with Crippen LogP contribution >= 0.6 is 0 Å². The minimum absolute atomic E-state index is 0.819. The molecule has 9 aromatic carbocycles. The molecule has 10 aromatic rings. The minimum atomic E-state index is 0.819. The van der Waals surface area contributed by atoms with Crippen molar-refractivity contribution in [1.82, 2.24) is 0 Å². The van der Waals surface area contributed by atoms with Crippen molar-refractivity contribution >= 4 is 39.0 Å². The fourth-order valence-corrected chi connectivity index (χ4v) is 8.82. The van der Waals surface area contributed by atoms with Crippen molar-refractivity contribution in [2.24, 2.45) is 0 Å². The lowest BCUT2D eigenvalue weighted by Crippen LogP contribution is -2.10. The van der Waals surface area contributed by atoms with E-state index < -0.39 is 0 Å². The average Bonchev–Trinajstić information content (AvgIpc) is 3.52. The summed E-state index contributed by atoms with van der Waals surface area (Å²) in [6, 6.07) is 70.2. The van der Waals surface area contributed by atoms with Crippen LogP contribution in [0.2, 0.25) is 0 Å². The molecule has 0 amide bonds. The van der Waals surface area contributed by atoms with Crippen LogP contribution in [0.15, 0.2) is 205 Å². The molecule has 0 fully saturated rings. The molecule has 0 atom stereocenters. The van der Waals surface area contributed by atoms with Crippen LogP contribution in [0.25, 0.3) is 77.6 Å². The maximum absolute atomic E-state index is 6.67. The Balaban J connectivity index is 1.05. The summed E-state index contributed by atoms with van der Waals surface area (Å²) in [5.41, 5.74) is 15.7. The number of hydrogen-bond donors (Lipinski definition) is 0. The van der Waals surface area contributed by atoms with Gasteiger partial charge in [-0.2, -0.15) is 0 Å². The molecular formula is C54H33NO3. The highest BCUT2D eigenvalue weighted by Gasteiger charge is 2.25. The standard InChI is InChI=1S/C54H33NO3/c1-2-13-40-39(12-1)42-14-3-7-20-49(42)57-53-31-29-37(33-48(40)53)55(35-26-24-34(25-27-35)38-18-11-19-46-44-16-5-10-23-52(44)58-54(38)46)36-28-30-41-43-15-4-8-21-50(43)56-51-22-9-6-17-45(51)47(41)32-36/h1-33H. The molecule has 0 unspecified atom stereocenters. The van der Waals surface area contributed by atoms with Crippen LogP contribution in [-0.4, -0.2) is 0 Å². The number of furan rings is 1. The Morgan fingerprint density at radius 1 is 0.293 bits per heavy atom. The smallest absolute Gasteiger partial charge is 0.143 e. The molecule has 12 rings (SSSR count). The molecule has 0 aliphatic carbocycles. The van der Waals surface area contributed by atoms with Crippen LogP contribution in [0.4, 0.5) is 17.1 Å². The zero-order valence-corrected chi connectivity index (χ0v) is 31.2. The first-order valence-electron chi connectivity index (χ1n) is 19.6. The van der Waals surface area contributed by atoms with E-state index in [2.05, 4.69) is 163 Å². The van der Waals surface area contributed by atoms with Crippen LogP contribution in [0.5, 0.6) is 23.0 Å². The second-order valence-corrected chi connectivity index (χ2v) is 14.8. The number of para-hydroxylation sites is 5. The van der Waals surface area contributed by atoms with Crippen LogP contribution in [0.3, 0.4) is 0 Å². The maximum atomic E-state index is 6.67. The van der Waals surface area contributed by atoms with Crippen molar-refractivity contribution < 1.29 is 13.9 Å². The van der Waals surface area contributed by atoms with E-state index in [1.807, 2.05) is 42.5 Å². The first-order valence-corrected chi connectivity index (χ1v) is 19.6. The van der Waals surface area contributed by atoms with Gasteiger partial charge in [0.25, 0.3) is 0 Å². The second kappa shape index (κ2) is 12.9. The number of fused-ring (bicyclic) bond motifs is 13. The van der Waals surface area contributed by atoms with Crippen molar-refractivity contribution in [3.63, 3.8) is 0 Å². The average molecular weight is 744 g/mol. The number of ether oxygens (including phenoxy) is 2. The number of benzene rings is 9. The van der Waals surface area contributed by atoms with Crippen molar-refractivity contribution in [2.75, 3.05) is 4.90 Å². The summed E-state index contributed by atoms with van der Waals surface area (Å²) in [6.45, 7) is 0. The summed E-state index contributed by atoms with van der Waals surface area (Å²) in [5, 5.41) is 2.24. The van der Waals surface area contributed by atoms with E-state index in [4.69, 9.17) is 13.9 Å². The van der Waals surface area contributed by atoms with Crippen molar-refractivity contribution in [3.8, 4) is 78.6 Å². The molecule has 3 heterocycles. The van der Waals surface area contributed by atoms with Gasteiger partial charge in [0.15, 0.2) is 0 Å². The lowest BCUT2D eigenvalue weighted by Gasteiger charge is -2.28. The minimum Gasteiger partial charge on any atom is -0.456 e. The highest BCUT2D eigenvalue weighted by atomic mass is 16.5. The van der Waals surface area contributed by atoms with Gasteiger partial charge < -0.3 is 18.8 Å². The van der Waals surface area contributed by atoms with Gasteiger partial charge in [-0.1, -0.05) is 133 Å². The summed E-state index contributed by atoms with van der Waals surface area (Å²) in [6.07, 6.45) is 0. The Labute approximate surface area is 335 Å². The molecule has 0 saturated heterocycles. The van der Waals surface area contributed by atoms with Gasteiger partial charge in [-0.15, -0.1) is 0 Å². The molecule has 0 radical (unpaired) electrons. The van der Waals surface area contributed by atoms with Gasteiger partial charge in [0.2, 0.25) is 0 Å². The summed E-state index contributed by atoms with van der Waals surface area (Å²) >= 11 is 0. The number of hydrogen-bond acceptors (Lipinski definition) is 4. The normalized spacial score (nSPS) is 12.1. The van der Waals surface area contributed by atoms with Gasteiger partial charge >= 0.3 is 0 Å². The van der Waals surface area contributed by atoms with E-state index in [1.54, 1.807) is 0 Å². The van der Waals surface area contributed by atoms with Crippen LogP contribution in [0, 0.1) is 0 Å². The third-order valence-corrected chi connectivity index (χ3v) is 11.5. The van der Waals surface area contributed by atoms with Crippen LogP contribution in [-0.2, 0) is 0 Å². The number of nitrogens with zero attached hydrogens (tertiary/aromatic N) is 1. The lowest BCUT2D eigenvalue weighted by molar-refractivity contribution is 0.487. The molecule has 4 nitrogen and oxygen atoms in total. The highest BCUT2D eigenvalue weighted by molar-refractivity contribution is 6.09. The Morgan fingerprint density at radius 2 is 0.759 bits per heavy atom. The molecule has 0 saturated carbocycles. The third-order valence-electron chi connectivity index (χ3n) is 11.5. The highest BCUT2D eigenvalue weighted by Crippen LogP contribution is 2.51. The molecular weight excluding hydrogens is 711 g/mol. The predicted molar refractivity (Wildman–Crippen MR) is 236 cm³/mol. The summed E-state index contributed by atoms with van der Waals surface area (Å²) < 4.78 is 19.7. The third kappa shape index (κ3) is 5.09.